The fourth-order valence-corrected chi connectivity index (χ4v) is 13.0. The summed E-state index contributed by atoms with van der Waals surface area (Å²) in [5.74, 6) is -0.724. The number of aliphatic hydroxyl groups excluding tert-OH is 1. The Hall–Kier alpha value is -1.94. The highest BCUT2D eigenvalue weighted by molar-refractivity contribution is 7.47. The summed E-state index contributed by atoms with van der Waals surface area (Å²) in [7, 11) is -9.91. The first-order valence-electron chi connectivity index (χ1n) is 39.0. The SMILES string of the molecule is CCCCCCCCCCCCCCCCCCCCCCCCC(=O)O[C@H](COC(=O)CCCCCCCCCCCCCCC)COP(=O)(O)OC[C@@H](O)COP(=O)(O)OC[C@@H](COC(=O)CCCCCCCCC(C)C)OC(=O)CCCCCCCCC(C)CC. The number of hydrogen-bond acceptors (Lipinski definition) is 15. The molecule has 558 valence electrons. The van der Waals surface area contributed by atoms with Crippen LogP contribution in [0.5, 0.6) is 0 Å². The maximum Gasteiger partial charge on any atom is 0.472 e. The van der Waals surface area contributed by atoms with Crippen molar-refractivity contribution in [2.45, 2.75) is 407 Å². The Labute approximate surface area is 575 Å². The van der Waals surface area contributed by atoms with Crippen LogP contribution in [0, 0.1) is 11.8 Å². The van der Waals surface area contributed by atoms with E-state index < -0.39 is 97.5 Å². The molecule has 19 heteroatoms. The number of phosphoric ester groups is 2. The average Bonchev–Trinajstić information content (AvgIpc) is 1.67. The monoisotopic (exact) mass is 1380 g/mol. The largest absolute Gasteiger partial charge is 0.472 e. The highest BCUT2D eigenvalue weighted by Crippen LogP contribution is 2.45. The Bertz CT molecular complexity index is 1820. The van der Waals surface area contributed by atoms with E-state index in [1.54, 1.807) is 0 Å². The molecule has 0 aliphatic carbocycles. The lowest BCUT2D eigenvalue weighted by Gasteiger charge is -2.21. The van der Waals surface area contributed by atoms with Crippen LogP contribution in [0.3, 0.4) is 0 Å². The number of aliphatic hydroxyl groups is 1. The lowest BCUT2D eigenvalue weighted by molar-refractivity contribution is -0.161. The lowest BCUT2D eigenvalue weighted by Crippen LogP contribution is -2.30. The number of rotatable bonds is 74. The van der Waals surface area contributed by atoms with Crippen LogP contribution in [0.1, 0.15) is 388 Å². The van der Waals surface area contributed by atoms with E-state index in [0.29, 0.717) is 31.6 Å². The summed E-state index contributed by atoms with van der Waals surface area (Å²) in [6.45, 7) is 9.44. The van der Waals surface area contributed by atoms with Gasteiger partial charge in [-0.25, -0.2) is 9.13 Å². The normalized spacial score (nSPS) is 14.3. The van der Waals surface area contributed by atoms with Crippen LogP contribution in [-0.2, 0) is 65.4 Å². The van der Waals surface area contributed by atoms with Gasteiger partial charge in [0.25, 0.3) is 0 Å². The summed E-state index contributed by atoms with van der Waals surface area (Å²) in [5, 5.41) is 10.6. The Balaban J connectivity index is 5.16. The molecule has 17 nitrogen and oxygen atoms in total. The van der Waals surface area contributed by atoms with Crippen molar-refractivity contribution in [2.24, 2.45) is 11.8 Å². The van der Waals surface area contributed by atoms with Crippen molar-refractivity contribution in [3.8, 4) is 0 Å². The maximum absolute atomic E-state index is 13.1. The molecule has 94 heavy (non-hydrogen) atoms. The highest BCUT2D eigenvalue weighted by Gasteiger charge is 2.30. The number of ether oxygens (including phenoxy) is 4. The van der Waals surface area contributed by atoms with Crippen LogP contribution in [0.4, 0.5) is 0 Å². The van der Waals surface area contributed by atoms with Crippen LogP contribution in [0.25, 0.3) is 0 Å². The molecule has 0 spiro atoms. The molecule has 0 radical (unpaired) electrons. The van der Waals surface area contributed by atoms with Crippen LogP contribution < -0.4 is 0 Å². The van der Waals surface area contributed by atoms with Gasteiger partial charge in [-0.3, -0.25) is 37.3 Å². The number of carbonyl (C=O) groups is 4. The van der Waals surface area contributed by atoms with Gasteiger partial charge in [-0.05, 0) is 37.5 Å². The van der Waals surface area contributed by atoms with E-state index in [2.05, 4.69) is 41.5 Å². The Morgan fingerprint density at radius 2 is 0.543 bits per heavy atom. The fraction of sp³-hybridized carbons (Fsp3) is 0.947. The number of carbonyl (C=O) groups excluding carboxylic acids is 4. The van der Waals surface area contributed by atoms with Crippen LogP contribution in [0.15, 0.2) is 0 Å². The molecule has 0 aromatic carbocycles. The third-order valence-electron chi connectivity index (χ3n) is 17.8. The second kappa shape index (κ2) is 66.9. The summed E-state index contributed by atoms with van der Waals surface area (Å²) in [5.41, 5.74) is 0. The number of esters is 4. The minimum atomic E-state index is -4.96. The second-order valence-corrected chi connectivity index (χ2v) is 30.7. The molecule has 3 N–H and O–H groups in total. The summed E-state index contributed by atoms with van der Waals surface area (Å²) < 4.78 is 68.4. The van der Waals surface area contributed by atoms with Crippen molar-refractivity contribution >= 4 is 39.5 Å². The zero-order chi connectivity index (χ0) is 69.3. The Kier molecular flexibility index (Phi) is 65.5. The molecular formula is C75H146O17P2. The molecule has 0 amide bonds. The first kappa shape index (κ1) is 92.1. The molecule has 0 saturated carbocycles. The first-order chi connectivity index (χ1) is 45.4. The quantitative estimate of drug-likeness (QED) is 0.0222. The van der Waals surface area contributed by atoms with E-state index >= 15 is 0 Å². The fourth-order valence-electron chi connectivity index (χ4n) is 11.4. The number of hydrogen-bond donors (Lipinski definition) is 3. The van der Waals surface area contributed by atoms with Gasteiger partial charge in [0.05, 0.1) is 26.4 Å². The molecule has 3 unspecified atom stereocenters. The van der Waals surface area contributed by atoms with Crippen molar-refractivity contribution < 1.29 is 80.2 Å². The third-order valence-corrected chi connectivity index (χ3v) is 19.7. The number of unbranched alkanes of at least 4 members (excludes halogenated alkanes) is 43. The van der Waals surface area contributed by atoms with Gasteiger partial charge in [0.1, 0.15) is 19.3 Å². The molecule has 0 saturated heterocycles. The molecule has 0 bridgehead atoms. The molecule has 0 fully saturated rings. The van der Waals surface area contributed by atoms with E-state index in [4.69, 9.17) is 37.0 Å². The van der Waals surface area contributed by atoms with Gasteiger partial charge in [-0.2, -0.15) is 0 Å². The molecule has 6 atom stereocenters. The van der Waals surface area contributed by atoms with Crippen LogP contribution in [-0.4, -0.2) is 96.7 Å². The summed E-state index contributed by atoms with van der Waals surface area (Å²) in [4.78, 5) is 72.6. The summed E-state index contributed by atoms with van der Waals surface area (Å²) in [6.07, 6.45) is 54.5. The van der Waals surface area contributed by atoms with Gasteiger partial charge in [0, 0.05) is 25.7 Å². The van der Waals surface area contributed by atoms with Crippen molar-refractivity contribution in [1.82, 2.24) is 0 Å². The van der Waals surface area contributed by atoms with Gasteiger partial charge < -0.3 is 33.8 Å². The maximum atomic E-state index is 13.1. The predicted molar refractivity (Wildman–Crippen MR) is 381 cm³/mol. The summed E-state index contributed by atoms with van der Waals surface area (Å²) in [6, 6.07) is 0. The number of phosphoric acid groups is 2. The Morgan fingerprint density at radius 1 is 0.309 bits per heavy atom. The van der Waals surface area contributed by atoms with Crippen LogP contribution >= 0.6 is 15.6 Å². The van der Waals surface area contributed by atoms with Crippen molar-refractivity contribution in [2.75, 3.05) is 39.6 Å². The zero-order valence-electron chi connectivity index (χ0n) is 61.3. The minimum absolute atomic E-state index is 0.102. The van der Waals surface area contributed by atoms with E-state index in [1.807, 2.05) is 0 Å². The zero-order valence-corrected chi connectivity index (χ0v) is 63.1. The topological polar surface area (TPSA) is 237 Å². The van der Waals surface area contributed by atoms with Crippen molar-refractivity contribution in [3.05, 3.63) is 0 Å². The first-order valence-corrected chi connectivity index (χ1v) is 42.0. The van der Waals surface area contributed by atoms with Crippen molar-refractivity contribution in [1.29, 1.82) is 0 Å². The predicted octanol–water partition coefficient (Wildman–Crippen LogP) is 21.9. The third kappa shape index (κ3) is 67.3. The van der Waals surface area contributed by atoms with E-state index in [-0.39, 0.29) is 25.7 Å². The smallest absolute Gasteiger partial charge is 0.462 e. The molecule has 0 aliphatic rings. The molecule has 0 aromatic rings. The van der Waals surface area contributed by atoms with Crippen molar-refractivity contribution in [3.63, 3.8) is 0 Å². The summed E-state index contributed by atoms with van der Waals surface area (Å²) >= 11 is 0. The van der Waals surface area contributed by atoms with Gasteiger partial charge in [0.15, 0.2) is 12.2 Å². The van der Waals surface area contributed by atoms with Gasteiger partial charge in [-0.15, -0.1) is 0 Å². The van der Waals surface area contributed by atoms with E-state index in [1.165, 1.54) is 199 Å². The average molecular weight is 1380 g/mol. The van der Waals surface area contributed by atoms with Gasteiger partial charge in [0.2, 0.25) is 0 Å². The van der Waals surface area contributed by atoms with E-state index in [0.717, 1.165) is 102 Å². The van der Waals surface area contributed by atoms with Gasteiger partial charge >= 0.3 is 39.5 Å². The van der Waals surface area contributed by atoms with Gasteiger partial charge in [-0.1, -0.05) is 337 Å². The Morgan fingerprint density at radius 3 is 0.809 bits per heavy atom. The molecular weight excluding hydrogens is 1230 g/mol. The standard InChI is InChI=1S/C75H146O17P2/c1-7-10-12-14-16-18-20-22-23-24-25-26-27-28-29-30-32-34-36-38-47-53-59-74(79)91-70(63-85-72(77)57-51-45-37-35-33-31-21-19-17-15-13-11-8-2)65-89-93(81,82)87-61-69(76)62-88-94(83,84)90-66-71(64-86-73(78)58-52-46-41-39-43-49-55-67(4)5)92-75(80)60-54-48-42-40-44-50-56-68(6)9-3/h67-71,76H,7-66H2,1-6H3,(H,81,82)(H,83,84)/t68?,69-,70-,71-/m1/s1. The van der Waals surface area contributed by atoms with E-state index in [9.17, 15) is 43.2 Å². The van der Waals surface area contributed by atoms with Crippen LogP contribution in [0.2, 0.25) is 0 Å². The molecule has 0 rings (SSSR count). The molecule has 0 aromatic heterocycles. The molecule has 0 heterocycles. The highest BCUT2D eigenvalue weighted by atomic mass is 31.2. The lowest BCUT2D eigenvalue weighted by atomic mass is 10.00. The minimum Gasteiger partial charge on any atom is -0.462 e. The molecule has 0 aliphatic heterocycles. The second-order valence-electron chi connectivity index (χ2n) is 27.8.